The number of hydrogen-bond acceptors (Lipinski definition) is 3. The fraction of sp³-hybridized carbons (Fsp3) is 0.467. The summed E-state index contributed by atoms with van der Waals surface area (Å²) >= 11 is 0. The van der Waals surface area contributed by atoms with E-state index in [1.54, 1.807) is 20.8 Å². The molecule has 0 saturated carbocycles. The van der Waals surface area contributed by atoms with Crippen molar-refractivity contribution in [2.24, 2.45) is 11.3 Å². The Morgan fingerprint density at radius 2 is 1.84 bits per heavy atom. The molecular weight excluding hydrogens is 244 g/mol. The van der Waals surface area contributed by atoms with Crippen LogP contribution in [-0.4, -0.2) is 17.0 Å². The summed E-state index contributed by atoms with van der Waals surface area (Å²) in [6.07, 6.45) is 0.260. The fourth-order valence-electron chi connectivity index (χ4n) is 1.85. The molecule has 0 bridgehead atoms. The molecule has 1 rings (SSSR count). The first kappa shape index (κ1) is 15.2. The van der Waals surface area contributed by atoms with Crippen molar-refractivity contribution in [3.8, 4) is 0 Å². The molecule has 1 aromatic carbocycles. The highest BCUT2D eigenvalue weighted by Crippen LogP contribution is 2.27. The first-order chi connectivity index (χ1) is 8.83. The van der Waals surface area contributed by atoms with Gasteiger partial charge in [-0.3, -0.25) is 9.59 Å². The van der Waals surface area contributed by atoms with E-state index in [4.69, 9.17) is 9.84 Å². The zero-order valence-corrected chi connectivity index (χ0v) is 11.6. The van der Waals surface area contributed by atoms with Crippen LogP contribution in [0.4, 0.5) is 0 Å². The van der Waals surface area contributed by atoms with E-state index in [-0.39, 0.29) is 19.0 Å². The van der Waals surface area contributed by atoms with E-state index in [0.29, 0.717) is 0 Å². The van der Waals surface area contributed by atoms with E-state index >= 15 is 0 Å². The van der Waals surface area contributed by atoms with Gasteiger partial charge in [-0.25, -0.2) is 0 Å². The number of benzene rings is 1. The van der Waals surface area contributed by atoms with Crippen molar-refractivity contribution in [2.75, 3.05) is 0 Å². The number of aliphatic carboxylic acids is 1. The van der Waals surface area contributed by atoms with Crippen LogP contribution in [0.15, 0.2) is 30.3 Å². The minimum atomic E-state index is -0.899. The van der Waals surface area contributed by atoms with Crippen LogP contribution >= 0.6 is 0 Å². The maximum atomic E-state index is 12.0. The highest BCUT2D eigenvalue weighted by molar-refractivity contribution is 5.77. The lowest BCUT2D eigenvalue weighted by atomic mass is 9.83. The van der Waals surface area contributed by atoms with Gasteiger partial charge in [-0.1, -0.05) is 37.3 Å². The number of carbonyl (C=O) groups excluding carboxylic acids is 1. The summed E-state index contributed by atoms with van der Waals surface area (Å²) in [5.74, 6) is -1.84. The largest absolute Gasteiger partial charge is 0.481 e. The lowest BCUT2D eigenvalue weighted by molar-refractivity contribution is -0.157. The summed E-state index contributed by atoms with van der Waals surface area (Å²) in [6.45, 7) is 5.22. The van der Waals surface area contributed by atoms with E-state index in [9.17, 15) is 9.59 Å². The van der Waals surface area contributed by atoms with Gasteiger partial charge in [-0.2, -0.15) is 0 Å². The minimum Gasteiger partial charge on any atom is -0.481 e. The summed E-state index contributed by atoms with van der Waals surface area (Å²) in [6, 6.07) is 9.39. The average molecular weight is 264 g/mol. The Balaban J connectivity index is 2.54. The van der Waals surface area contributed by atoms with Gasteiger partial charge < -0.3 is 9.84 Å². The first-order valence-corrected chi connectivity index (χ1v) is 6.27. The van der Waals surface area contributed by atoms with E-state index in [1.165, 1.54) is 0 Å². The van der Waals surface area contributed by atoms with Crippen molar-refractivity contribution in [3.63, 3.8) is 0 Å². The Kier molecular flexibility index (Phi) is 5.10. The van der Waals surface area contributed by atoms with Crippen LogP contribution in [0.25, 0.3) is 0 Å². The molecule has 1 N–H and O–H groups in total. The SMILES string of the molecule is CC(CC(C)(C)C(=O)OCc1ccccc1)C(=O)O. The molecule has 0 aliphatic heterocycles. The molecule has 0 aromatic heterocycles. The number of hydrogen-bond donors (Lipinski definition) is 1. The second-order valence-electron chi connectivity index (χ2n) is 5.39. The van der Waals surface area contributed by atoms with E-state index in [1.807, 2.05) is 30.3 Å². The number of ether oxygens (including phenoxy) is 1. The molecule has 104 valence electrons. The monoisotopic (exact) mass is 264 g/mol. The van der Waals surface area contributed by atoms with Gasteiger partial charge in [0.05, 0.1) is 11.3 Å². The Labute approximate surface area is 113 Å². The molecule has 4 heteroatoms. The molecule has 1 aromatic rings. The lowest BCUT2D eigenvalue weighted by Gasteiger charge is -2.24. The van der Waals surface area contributed by atoms with E-state index in [2.05, 4.69) is 0 Å². The fourth-order valence-corrected chi connectivity index (χ4v) is 1.85. The molecule has 1 unspecified atom stereocenters. The number of carboxylic acids is 1. The van der Waals surface area contributed by atoms with Gasteiger partial charge in [-0.15, -0.1) is 0 Å². The molecule has 4 nitrogen and oxygen atoms in total. The van der Waals surface area contributed by atoms with Crippen LogP contribution in [0.3, 0.4) is 0 Å². The quantitative estimate of drug-likeness (QED) is 0.802. The zero-order valence-electron chi connectivity index (χ0n) is 11.6. The molecule has 0 spiro atoms. The molecule has 0 saturated heterocycles. The molecule has 0 radical (unpaired) electrons. The van der Waals surface area contributed by atoms with Crippen molar-refractivity contribution < 1.29 is 19.4 Å². The Bertz CT molecular complexity index is 437. The Morgan fingerprint density at radius 3 is 2.37 bits per heavy atom. The van der Waals surface area contributed by atoms with E-state index in [0.717, 1.165) is 5.56 Å². The van der Waals surface area contributed by atoms with Crippen molar-refractivity contribution in [1.29, 1.82) is 0 Å². The summed E-state index contributed by atoms with van der Waals surface area (Å²) in [7, 11) is 0. The van der Waals surface area contributed by atoms with Gasteiger partial charge in [0.15, 0.2) is 0 Å². The number of carbonyl (C=O) groups is 2. The van der Waals surface area contributed by atoms with Gasteiger partial charge in [0.2, 0.25) is 0 Å². The third-order valence-corrected chi connectivity index (χ3v) is 3.00. The number of carboxylic acid groups (broad SMARTS) is 1. The van der Waals surface area contributed by atoms with Crippen LogP contribution in [0.5, 0.6) is 0 Å². The van der Waals surface area contributed by atoms with Crippen molar-refractivity contribution in [3.05, 3.63) is 35.9 Å². The van der Waals surface area contributed by atoms with Gasteiger partial charge >= 0.3 is 11.9 Å². The number of rotatable bonds is 6. The summed E-state index contributed by atoms with van der Waals surface area (Å²) in [5.41, 5.74) is 0.116. The lowest BCUT2D eigenvalue weighted by Crippen LogP contribution is -2.30. The van der Waals surface area contributed by atoms with Crippen LogP contribution in [0.1, 0.15) is 32.8 Å². The first-order valence-electron chi connectivity index (χ1n) is 6.27. The van der Waals surface area contributed by atoms with E-state index < -0.39 is 17.3 Å². The molecule has 19 heavy (non-hydrogen) atoms. The van der Waals surface area contributed by atoms with Gasteiger partial charge in [0.25, 0.3) is 0 Å². The molecular formula is C15H20O4. The highest BCUT2D eigenvalue weighted by Gasteiger charge is 2.33. The molecule has 1 atom stereocenters. The molecule has 0 aliphatic carbocycles. The molecule has 0 aliphatic rings. The topological polar surface area (TPSA) is 63.6 Å². The zero-order chi connectivity index (χ0) is 14.5. The molecule has 0 heterocycles. The van der Waals surface area contributed by atoms with Crippen LogP contribution in [-0.2, 0) is 20.9 Å². The van der Waals surface area contributed by atoms with Crippen molar-refractivity contribution in [2.45, 2.75) is 33.8 Å². The maximum Gasteiger partial charge on any atom is 0.311 e. The smallest absolute Gasteiger partial charge is 0.311 e. The van der Waals surface area contributed by atoms with Gasteiger partial charge in [0.1, 0.15) is 6.61 Å². The molecule has 0 fully saturated rings. The van der Waals surface area contributed by atoms with Gasteiger partial charge in [-0.05, 0) is 25.8 Å². The Morgan fingerprint density at radius 1 is 1.26 bits per heavy atom. The average Bonchev–Trinajstić information content (AvgIpc) is 2.36. The predicted molar refractivity (Wildman–Crippen MR) is 71.4 cm³/mol. The molecule has 0 amide bonds. The van der Waals surface area contributed by atoms with Crippen molar-refractivity contribution >= 4 is 11.9 Å². The van der Waals surface area contributed by atoms with Crippen LogP contribution in [0.2, 0.25) is 0 Å². The van der Waals surface area contributed by atoms with Crippen molar-refractivity contribution in [1.82, 2.24) is 0 Å². The standard InChI is InChI=1S/C15H20O4/c1-11(13(16)17)9-15(2,3)14(18)19-10-12-7-5-4-6-8-12/h4-8,11H,9-10H2,1-3H3,(H,16,17). The normalized spacial score (nSPS) is 12.8. The highest BCUT2D eigenvalue weighted by atomic mass is 16.5. The van der Waals surface area contributed by atoms with Gasteiger partial charge in [0, 0.05) is 0 Å². The summed E-state index contributed by atoms with van der Waals surface area (Å²) < 4.78 is 5.24. The van der Waals surface area contributed by atoms with Crippen LogP contribution in [0, 0.1) is 11.3 Å². The second-order valence-corrected chi connectivity index (χ2v) is 5.39. The minimum absolute atomic E-state index is 0.213. The third kappa shape index (κ3) is 4.73. The Hall–Kier alpha value is -1.84. The predicted octanol–water partition coefficient (Wildman–Crippen LogP) is 2.87. The second kappa shape index (κ2) is 6.36. The third-order valence-electron chi connectivity index (χ3n) is 3.00. The summed E-state index contributed by atoms with van der Waals surface area (Å²) in [5, 5.41) is 8.88. The summed E-state index contributed by atoms with van der Waals surface area (Å²) in [4.78, 5) is 22.8. The maximum absolute atomic E-state index is 12.0. The van der Waals surface area contributed by atoms with Crippen LogP contribution < -0.4 is 0 Å². The number of esters is 1.